The summed E-state index contributed by atoms with van der Waals surface area (Å²) in [6.07, 6.45) is 1.18. The molecule has 0 saturated carbocycles. The fourth-order valence-corrected chi connectivity index (χ4v) is 6.57. The number of amides is 3. The van der Waals surface area contributed by atoms with Crippen molar-refractivity contribution < 1.29 is 32.2 Å². The second-order valence-corrected chi connectivity index (χ2v) is 10.9. The Morgan fingerprint density at radius 3 is 2.43 bits per heavy atom. The van der Waals surface area contributed by atoms with E-state index in [0.29, 0.717) is 5.75 Å². The smallest absolute Gasteiger partial charge is 0.442 e. The maximum Gasteiger partial charge on any atom is 0.442 e. The van der Waals surface area contributed by atoms with Crippen LogP contribution in [0.2, 0.25) is 5.02 Å². The van der Waals surface area contributed by atoms with E-state index in [0.717, 1.165) is 0 Å². The third-order valence-electron chi connectivity index (χ3n) is 5.98. The molecule has 2 aromatic carbocycles. The molecule has 0 saturated heterocycles. The number of sulfonamides is 1. The van der Waals surface area contributed by atoms with Gasteiger partial charge in [-0.3, -0.25) is 0 Å². The van der Waals surface area contributed by atoms with Crippen molar-refractivity contribution in [3.8, 4) is 17.4 Å². The molecule has 4 rings (SSSR count). The molecule has 3 amide bonds. The van der Waals surface area contributed by atoms with E-state index >= 15 is 0 Å². The number of imide groups is 1. The van der Waals surface area contributed by atoms with Gasteiger partial charge in [-0.15, -0.1) is 0 Å². The summed E-state index contributed by atoms with van der Waals surface area (Å²) in [6.45, 7) is 3.56. The van der Waals surface area contributed by atoms with Crippen LogP contribution in [0.3, 0.4) is 0 Å². The number of primary amides is 1. The Labute approximate surface area is 219 Å². The molecule has 2 atom stereocenters. The zero-order valence-corrected chi connectivity index (χ0v) is 22.0. The summed E-state index contributed by atoms with van der Waals surface area (Å²) in [7, 11) is -2.23. The van der Waals surface area contributed by atoms with Crippen LogP contribution in [-0.4, -0.2) is 45.7 Å². The third kappa shape index (κ3) is 3.99. The van der Waals surface area contributed by atoms with Gasteiger partial charge in [-0.05, 0) is 48.1 Å². The number of nitrogens with zero attached hydrogens (tertiary/aromatic N) is 2. The number of fused-ring (bicyclic) bond motifs is 1. The van der Waals surface area contributed by atoms with E-state index < -0.39 is 36.7 Å². The van der Waals surface area contributed by atoms with Gasteiger partial charge >= 0.3 is 22.0 Å². The van der Waals surface area contributed by atoms with Gasteiger partial charge in [0.25, 0.3) is 0 Å². The SMILES string of the molecule is COc1ccc(S(=O)(=O)[N+]2(C(N)=O)C(=O)C(c3cccnc3OC(C)C)c3cc(Cl)ccc32)c(OC)c1. The van der Waals surface area contributed by atoms with E-state index in [9.17, 15) is 18.0 Å². The summed E-state index contributed by atoms with van der Waals surface area (Å²) < 4.78 is 43.1. The molecule has 2 N–H and O–H groups in total. The Kier molecular flexibility index (Phi) is 6.89. The van der Waals surface area contributed by atoms with Crippen LogP contribution in [0.4, 0.5) is 10.5 Å². The Balaban J connectivity index is 2.06. The minimum absolute atomic E-state index is 0.116. The largest absolute Gasteiger partial charge is 0.497 e. The van der Waals surface area contributed by atoms with Gasteiger partial charge in [0.15, 0.2) is 10.6 Å². The summed E-state index contributed by atoms with van der Waals surface area (Å²) in [5, 5.41) is 0.232. The number of aromatic nitrogens is 1. The van der Waals surface area contributed by atoms with Gasteiger partial charge in [0.1, 0.15) is 17.4 Å². The first kappa shape index (κ1) is 26.4. The highest BCUT2D eigenvalue weighted by Crippen LogP contribution is 2.52. The fourth-order valence-electron chi connectivity index (χ4n) is 4.45. The van der Waals surface area contributed by atoms with Crippen LogP contribution in [-0.2, 0) is 14.8 Å². The lowest BCUT2D eigenvalue weighted by Crippen LogP contribution is -2.63. The average Bonchev–Trinajstić information content (AvgIpc) is 3.12. The number of carbonyl (C=O) groups is 2. The Morgan fingerprint density at radius 2 is 1.81 bits per heavy atom. The number of pyridine rings is 1. The van der Waals surface area contributed by atoms with Crippen LogP contribution < -0.4 is 23.8 Å². The lowest BCUT2D eigenvalue weighted by molar-refractivity contribution is -0.123. The van der Waals surface area contributed by atoms with Crippen molar-refractivity contribution in [2.24, 2.45) is 5.73 Å². The number of carbonyl (C=O) groups excluding carboxylic acids is 2. The first-order valence-corrected chi connectivity index (χ1v) is 12.9. The summed E-state index contributed by atoms with van der Waals surface area (Å²) in [6, 6.07) is 9.81. The highest BCUT2D eigenvalue weighted by molar-refractivity contribution is 7.92. The van der Waals surface area contributed by atoms with Gasteiger partial charge in [0, 0.05) is 34.5 Å². The van der Waals surface area contributed by atoms with E-state index in [2.05, 4.69) is 4.98 Å². The van der Waals surface area contributed by atoms with Crippen molar-refractivity contribution in [1.82, 2.24) is 8.87 Å². The highest BCUT2D eigenvalue weighted by Gasteiger charge is 2.67. The van der Waals surface area contributed by atoms with Crippen LogP contribution in [0.5, 0.6) is 17.4 Å². The number of halogens is 1. The summed E-state index contributed by atoms with van der Waals surface area (Å²) in [4.78, 5) is 31.3. The first-order chi connectivity index (χ1) is 17.5. The van der Waals surface area contributed by atoms with Gasteiger partial charge in [0.2, 0.25) is 5.88 Å². The predicted octanol–water partition coefficient (Wildman–Crippen LogP) is 3.99. The minimum atomic E-state index is -4.89. The highest BCUT2D eigenvalue weighted by atomic mass is 35.5. The molecule has 0 aliphatic carbocycles. The molecule has 0 bridgehead atoms. The average molecular weight is 547 g/mol. The van der Waals surface area contributed by atoms with Crippen molar-refractivity contribution in [2.45, 2.75) is 30.8 Å². The Bertz CT molecular complexity index is 1510. The van der Waals surface area contributed by atoms with Crippen LogP contribution in [0.1, 0.15) is 30.9 Å². The van der Waals surface area contributed by atoms with Crippen molar-refractivity contribution in [1.29, 1.82) is 0 Å². The molecule has 0 radical (unpaired) electrons. The Hall–Kier alpha value is -3.67. The predicted molar refractivity (Wildman–Crippen MR) is 136 cm³/mol. The van der Waals surface area contributed by atoms with Crippen molar-refractivity contribution in [3.63, 3.8) is 0 Å². The Morgan fingerprint density at radius 1 is 1.08 bits per heavy atom. The number of quaternary nitrogens is 1. The molecule has 1 aromatic heterocycles. The lowest BCUT2D eigenvalue weighted by Gasteiger charge is -2.27. The third-order valence-corrected chi connectivity index (χ3v) is 8.38. The summed E-state index contributed by atoms with van der Waals surface area (Å²) >= 11 is 6.27. The maximum atomic E-state index is 14.3. The number of rotatable bonds is 7. The van der Waals surface area contributed by atoms with Crippen LogP contribution >= 0.6 is 11.6 Å². The van der Waals surface area contributed by atoms with Crippen LogP contribution in [0, 0.1) is 0 Å². The molecule has 1 aliphatic heterocycles. The van der Waals surface area contributed by atoms with E-state index in [1.165, 1.54) is 56.8 Å². The van der Waals surface area contributed by atoms with Gasteiger partial charge in [-0.25, -0.2) is 14.6 Å². The lowest BCUT2D eigenvalue weighted by atomic mass is 9.93. The van der Waals surface area contributed by atoms with Gasteiger partial charge in [-0.1, -0.05) is 17.7 Å². The number of hydrogen-bond donors (Lipinski definition) is 1. The molecular weight excluding hydrogens is 522 g/mol. The zero-order valence-electron chi connectivity index (χ0n) is 20.5. The van der Waals surface area contributed by atoms with Crippen molar-refractivity contribution in [3.05, 3.63) is 70.9 Å². The quantitative estimate of drug-likeness (QED) is 0.439. The molecule has 3 aromatic rings. The topological polar surface area (TPSA) is 135 Å². The standard InChI is InChI=1S/C25H24ClN3O7S/c1-14(2)36-23-17(6-5-11-28-23)22-18-12-15(26)7-9-19(18)29(24(22)30,25(27)31)37(32,33)21-10-8-16(34-3)13-20(21)35-4/h5-14,22H,1-4H3,(H-,27,31)/p+1. The molecule has 10 nitrogen and oxygen atoms in total. The molecule has 2 heterocycles. The number of nitrogens with two attached hydrogens (primary N) is 1. The van der Waals surface area contributed by atoms with Crippen molar-refractivity contribution >= 4 is 39.2 Å². The van der Waals surface area contributed by atoms with Crippen LogP contribution in [0.15, 0.2) is 59.6 Å². The molecule has 1 aliphatic rings. The van der Waals surface area contributed by atoms with E-state index in [-0.39, 0.29) is 39.6 Å². The summed E-state index contributed by atoms with van der Waals surface area (Å²) in [5.74, 6) is -2.00. The van der Waals surface area contributed by atoms with E-state index in [1.807, 2.05) is 0 Å². The minimum Gasteiger partial charge on any atom is -0.497 e. The van der Waals surface area contributed by atoms with Crippen LogP contribution in [0.25, 0.3) is 0 Å². The molecule has 0 spiro atoms. The number of methoxy groups -OCH3 is 2. The van der Waals surface area contributed by atoms with E-state index in [1.54, 1.807) is 26.0 Å². The van der Waals surface area contributed by atoms with Gasteiger partial charge in [-0.2, -0.15) is 8.42 Å². The number of urea groups is 1. The summed E-state index contributed by atoms with van der Waals surface area (Å²) in [5.41, 5.74) is 6.10. The van der Waals surface area contributed by atoms with Crippen molar-refractivity contribution in [2.75, 3.05) is 14.2 Å². The number of hydrogen-bond acceptors (Lipinski definition) is 8. The fraction of sp³-hybridized carbons (Fsp3) is 0.240. The first-order valence-electron chi connectivity index (χ1n) is 11.1. The molecule has 2 unspecified atom stereocenters. The maximum absolute atomic E-state index is 14.3. The molecular formula is C25H25ClN3O7S+. The zero-order chi connectivity index (χ0) is 27.1. The monoisotopic (exact) mass is 546 g/mol. The van der Waals surface area contributed by atoms with Gasteiger partial charge in [0.05, 0.1) is 20.3 Å². The number of ether oxygens (including phenoxy) is 3. The normalized spacial score (nSPS) is 19.0. The van der Waals surface area contributed by atoms with E-state index in [4.69, 9.17) is 31.5 Å². The molecule has 12 heteroatoms. The second-order valence-electron chi connectivity index (χ2n) is 8.48. The molecule has 194 valence electrons. The molecule has 0 fully saturated rings. The molecule has 37 heavy (non-hydrogen) atoms. The number of benzene rings is 2. The second kappa shape index (κ2) is 9.66. The van der Waals surface area contributed by atoms with Gasteiger partial charge < -0.3 is 19.9 Å².